The minimum absolute atomic E-state index is 0.00977. The lowest BCUT2D eigenvalue weighted by Crippen LogP contribution is -2.14. The van der Waals surface area contributed by atoms with Crippen LogP contribution in [0, 0.1) is 13.8 Å². The summed E-state index contributed by atoms with van der Waals surface area (Å²) in [5.41, 5.74) is 3.08. The Morgan fingerprint density at radius 1 is 1.33 bits per heavy atom. The number of aromatic nitrogens is 2. The second kappa shape index (κ2) is 6.21. The molecule has 0 fully saturated rings. The van der Waals surface area contributed by atoms with Gasteiger partial charge < -0.3 is 10.1 Å². The third-order valence-electron chi connectivity index (χ3n) is 3.05. The Kier molecular flexibility index (Phi) is 4.37. The van der Waals surface area contributed by atoms with Crippen molar-refractivity contribution in [2.45, 2.75) is 20.4 Å². The quantitative estimate of drug-likeness (QED) is 0.872. The monoisotopic (exact) mass is 287 g/mol. The van der Waals surface area contributed by atoms with Crippen LogP contribution >= 0.6 is 0 Å². The van der Waals surface area contributed by atoms with Crippen molar-refractivity contribution in [2.75, 3.05) is 12.4 Å². The Labute approximate surface area is 122 Å². The highest BCUT2D eigenvalue weighted by atomic mass is 16.5. The van der Waals surface area contributed by atoms with E-state index < -0.39 is 5.97 Å². The first-order chi connectivity index (χ1) is 9.99. The molecule has 0 saturated heterocycles. The van der Waals surface area contributed by atoms with E-state index in [2.05, 4.69) is 15.2 Å². The number of benzene rings is 1. The van der Waals surface area contributed by atoms with Crippen molar-refractivity contribution < 1.29 is 14.3 Å². The summed E-state index contributed by atoms with van der Waals surface area (Å²) in [6.45, 7) is 3.83. The molecule has 2 rings (SSSR count). The first-order valence-electron chi connectivity index (χ1n) is 6.47. The van der Waals surface area contributed by atoms with E-state index in [9.17, 15) is 9.59 Å². The van der Waals surface area contributed by atoms with Crippen LogP contribution in [0.1, 0.15) is 21.5 Å². The molecule has 0 radical (unpaired) electrons. The first kappa shape index (κ1) is 14.8. The minimum Gasteiger partial charge on any atom is -0.468 e. The van der Waals surface area contributed by atoms with Crippen molar-refractivity contribution >= 4 is 17.6 Å². The molecule has 6 nitrogen and oxygen atoms in total. The molecule has 0 aliphatic carbocycles. The summed E-state index contributed by atoms with van der Waals surface area (Å²) in [5, 5.41) is 6.76. The van der Waals surface area contributed by atoms with E-state index in [1.807, 2.05) is 32.0 Å². The van der Waals surface area contributed by atoms with Crippen LogP contribution < -0.4 is 5.32 Å². The molecular weight excluding hydrogens is 270 g/mol. The van der Waals surface area contributed by atoms with Gasteiger partial charge in [0.25, 0.3) is 5.91 Å². The topological polar surface area (TPSA) is 73.2 Å². The molecule has 0 aliphatic rings. The molecule has 21 heavy (non-hydrogen) atoms. The van der Waals surface area contributed by atoms with Crippen LogP contribution in [0.4, 0.5) is 5.69 Å². The zero-order valence-electron chi connectivity index (χ0n) is 12.2. The van der Waals surface area contributed by atoms with Crippen LogP contribution in [0.15, 0.2) is 30.6 Å². The number of rotatable bonds is 4. The summed E-state index contributed by atoms with van der Waals surface area (Å²) < 4.78 is 5.96. The highest BCUT2D eigenvalue weighted by molar-refractivity contribution is 6.05. The molecule has 0 aliphatic heterocycles. The Bertz CT molecular complexity index is 677. The molecule has 2 aromatic rings. The second-order valence-corrected chi connectivity index (χ2v) is 4.78. The van der Waals surface area contributed by atoms with Crippen LogP contribution in [-0.4, -0.2) is 28.8 Å². The molecule has 1 aromatic carbocycles. The van der Waals surface area contributed by atoms with Gasteiger partial charge in [0.2, 0.25) is 0 Å². The molecule has 0 unspecified atom stereocenters. The molecule has 1 N–H and O–H groups in total. The summed E-state index contributed by atoms with van der Waals surface area (Å²) in [6, 6.07) is 5.70. The van der Waals surface area contributed by atoms with Gasteiger partial charge in [0.05, 0.1) is 19.0 Å². The molecule has 0 saturated carbocycles. The predicted molar refractivity (Wildman–Crippen MR) is 78.1 cm³/mol. The zero-order valence-corrected chi connectivity index (χ0v) is 12.2. The largest absolute Gasteiger partial charge is 0.468 e. The Hall–Kier alpha value is -2.63. The lowest BCUT2D eigenvalue weighted by atomic mass is 10.1. The summed E-state index contributed by atoms with van der Waals surface area (Å²) in [5.74, 6) is -0.598. The van der Waals surface area contributed by atoms with Gasteiger partial charge in [-0.1, -0.05) is 17.7 Å². The number of esters is 1. The minimum atomic E-state index is -0.398. The SMILES string of the molecule is COC(=O)Cn1cc(NC(=O)c2cc(C)ccc2C)cn1. The number of anilines is 1. The first-order valence-corrected chi connectivity index (χ1v) is 6.47. The number of amides is 1. The molecule has 0 bridgehead atoms. The van der Waals surface area contributed by atoms with E-state index in [4.69, 9.17) is 0 Å². The highest BCUT2D eigenvalue weighted by Crippen LogP contribution is 2.13. The predicted octanol–water partition coefficient (Wildman–Crippen LogP) is 1.93. The van der Waals surface area contributed by atoms with Crippen LogP contribution in [0.25, 0.3) is 0 Å². The van der Waals surface area contributed by atoms with Crippen molar-refractivity contribution in [2.24, 2.45) is 0 Å². The maximum Gasteiger partial charge on any atom is 0.327 e. The number of methoxy groups -OCH3 is 1. The van der Waals surface area contributed by atoms with Crippen molar-refractivity contribution in [3.63, 3.8) is 0 Å². The molecule has 6 heteroatoms. The molecular formula is C15H17N3O3. The van der Waals surface area contributed by atoms with Crippen molar-refractivity contribution in [3.8, 4) is 0 Å². The molecule has 0 spiro atoms. The standard InChI is InChI=1S/C15H17N3O3/c1-10-4-5-11(2)13(6-10)15(20)17-12-7-16-18(8-12)9-14(19)21-3/h4-8H,9H2,1-3H3,(H,17,20). The van der Waals surface area contributed by atoms with Crippen LogP contribution in [0.3, 0.4) is 0 Å². The van der Waals surface area contributed by atoms with Gasteiger partial charge >= 0.3 is 5.97 Å². The van der Waals surface area contributed by atoms with Gasteiger partial charge in [-0.05, 0) is 25.5 Å². The highest BCUT2D eigenvalue weighted by Gasteiger charge is 2.11. The van der Waals surface area contributed by atoms with Gasteiger partial charge in [0, 0.05) is 11.8 Å². The van der Waals surface area contributed by atoms with Gasteiger partial charge in [-0.25, -0.2) is 0 Å². The maximum absolute atomic E-state index is 12.2. The average Bonchev–Trinajstić information content (AvgIpc) is 2.88. The van der Waals surface area contributed by atoms with Gasteiger partial charge in [-0.2, -0.15) is 5.10 Å². The summed E-state index contributed by atoms with van der Waals surface area (Å²) >= 11 is 0. The number of hydrogen-bond acceptors (Lipinski definition) is 4. The number of hydrogen-bond donors (Lipinski definition) is 1. The number of nitrogens with one attached hydrogen (secondary N) is 1. The molecule has 1 amide bonds. The summed E-state index contributed by atoms with van der Waals surface area (Å²) in [4.78, 5) is 23.4. The van der Waals surface area contributed by atoms with E-state index in [0.717, 1.165) is 11.1 Å². The van der Waals surface area contributed by atoms with Crippen molar-refractivity contribution in [3.05, 3.63) is 47.3 Å². The fourth-order valence-corrected chi connectivity index (χ4v) is 1.89. The number of ether oxygens (including phenoxy) is 1. The van der Waals surface area contributed by atoms with E-state index in [1.54, 1.807) is 6.20 Å². The summed E-state index contributed by atoms with van der Waals surface area (Å²) in [7, 11) is 1.31. The Balaban J connectivity index is 2.09. The third kappa shape index (κ3) is 3.68. The molecule has 1 aromatic heterocycles. The lowest BCUT2D eigenvalue weighted by Gasteiger charge is -2.06. The number of carbonyl (C=O) groups is 2. The van der Waals surface area contributed by atoms with Crippen LogP contribution in [0.5, 0.6) is 0 Å². The second-order valence-electron chi connectivity index (χ2n) is 4.78. The van der Waals surface area contributed by atoms with Gasteiger partial charge in [-0.15, -0.1) is 0 Å². The summed E-state index contributed by atoms with van der Waals surface area (Å²) in [6.07, 6.45) is 3.08. The Morgan fingerprint density at radius 3 is 2.81 bits per heavy atom. The Morgan fingerprint density at radius 2 is 2.10 bits per heavy atom. The zero-order chi connectivity index (χ0) is 15.4. The number of aryl methyl sites for hydroxylation is 2. The molecule has 1 heterocycles. The van der Waals surface area contributed by atoms with Crippen LogP contribution in [0.2, 0.25) is 0 Å². The van der Waals surface area contributed by atoms with E-state index in [0.29, 0.717) is 11.3 Å². The van der Waals surface area contributed by atoms with Crippen molar-refractivity contribution in [1.82, 2.24) is 9.78 Å². The third-order valence-corrected chi connectivity index (χ3v) is 3.05. The average molecular weight is 287 g/mol. The van der Waals surface area contributed by atoms with E-state index in [1.165, 1.54) is 18.0 Å². The maximum atomic E-state index is 12.2. The fraction of sp³-hybridized carbons (Fsp3) is 0.267. The van der Waals surface area contributed by atoms with Gasteiger partial charge in [0.15, 0.2) is 0 Å². The van der Waals surface area contributed by atoms with Crippen molar-refractivity contribution in [1.29, 1.82) is 0 Å². The van der Waals surface area contributed by atoms with Gasteiger partial charge in [-0.3, -0.25) is 14.3 Å². The molecule has 110 valence electrons. The van der Waals surface area contributed by atoms with E-state index in [-0.39, 0.29) is 12.5 Å². The number of carbonyl (C=O) groups excluding carboxylic acids is 2. The van der Waals surface area contributed by atoms with Gasteiger partial charge in [0.1, 0.15) is 6.54 Å². The fourth-order valence-electron chi connectivity index (χ4n) is 1.89. The lowest BCUT2D eigenvalue weighted by molar-refractivity contribution is -0.141. The van der Waals surface area contributed by atoms with Crippen LogP contribution in [-0.2, 0) is 16.1 Å². The normalized spacial score (nSPS) is 10.2. The smallest absolute Gasteiger partial charge is 0.327 e. The molecule has 0 atom stereocenters. The number of nitrogens with zero attached hydrogens (tertiary/aromatic N) is 2. The van der Waals surface area contributed by atoms with E-state index >= 15 is 0 Å².